The summed E-state index contributed by atoms with van der Waals surface area (Å²) in [7, 11) is 0. The Kier molecular flexibility index (Phi) is 10.6. The summed E-state index contributed by atoms with van der Waals surface area (Å²) in [5.41, 5.74) is 1.74. The molecule has 2 aromatic carbocycles. The number of rotatable bonds is 13. The van der Waals surface area contributed by atoms with Crippen molar-refractivity contribution >= 4 is 29.7 Å². The Hall–Kier alpha value is -4.21. The largest absolute Gasteiger partial charge is 0.475 e. The van der Waals surface area contributed by atoms with Crippen LogP contribution in [0.4, 0.5) is 4.79 Å². The molecular formula is C29H35N3O7. The number of aliphatic carboxylic acids is 1. The van der Waals surface area contributed by atoms with E-state index in [4.69, 9.17) is 4.74 Å². The van der Waals surface area contributed by atoms with Gasteiger partial charge in [-0.25, -0.2) is 9.59 Å². The number of hydrogen-bond donors (Lipinski definition) is 4. The predicted octanol–water partition coefficient (Wildman–Crippen LogP) is 2.78. The highest BCUT2D eigenvalue weighted by Crippen LogP contribution is 2.23. The van der Waals surface area contributed by atoms with E-state index in [1.165, 1.54) is 0 Å². The molecule has 10 nitrogen and oxygen atoms in total. The minimum absolute atomic E-state index is 0.0236. The summed E-state index contributed by atoms with van der Waals surface area (Å²) in [4.78, 5) is 62.0. The van der Waals surface area contributed by atoms with Crippen molar-refractivity contribution in [2.45, 2.75) is 57.7 Å². The van der Waals surface area contributed by atoms with Crippen LogP contribution in [0.2, 0.25) is 0 Å². The van der Waals surface area contributed by atoms with Gasteiger partial charge in [0.2, 0.25) is 11.8 Å². The normalized spacial score (nSPS) is 17.0. The lowest BCUT2D eigenvalue weighted by atomic mass is 9.95. The summed E-state index contributed by atoms with van der Waals surface area (Å²) in [5, 5.41) is 17.0. The number of carboxylic acids is 1. The maximum atomic E-state index is 13.2. The monoisotopic (exact) mass is 537 g/mol. The van der Waals surface area contributed by atoms with Crippen LogP contribution in [0.5, 0.6) is 0 Å². The van der Waals surface area contributed by atoms with Crippen LogP contribution < -0.4 is 16.0 Å². The lowest BCUT2D eigenvalue weighted by Gasteiger charge is -2.25. The molecule has 0 bridgehead atoms. The SMILES string of the molecule is CC(C)C[C@H](NC(=O)OC(Cc1ccccc1)c1ccccc1)C(=O)N[C@@H](C[C@@H]1CCNC1=O)C(=O)C(=O)O. The van der Waals surface area contributed by atoms with Crippen LogP contribution in [-0.2, 0) is 30.3 Å². The van der Waals surface area contributed by atoms with E-state index in [2.05, 4.69) is 16.0 Å². The number of ether oxygens (including phenoxy) is 1. The molecule has 1 saturated heterocycles. The maximum Gasteiger partial charge on any atom is 0.408 e. The molecule has 1 unspecified atom stereocenters. The highest BCUT2D eigenvalue weighted by Gasteiger charge is 2.35. The van der Waals surface area contributed by atoms with Gasteiger partial charge in [0.05, 0.1) is 6.04 Å². The summed E-state index contributed by atoms with van der Waals surface area (Å²) >= 11 is 0. The molecule has 0 spiro atoms. The average Bonchev–Trinajstić information content (AvgIpc) is 3.31. The number of ketones is 1. The zero-order chi connectivity index (χ0) is 28.4. The van der Waals surface area contributed by atoms with Crippen LogP contribution in [0.25, 0.3) is 0 Å². The lowest BCUT2D eigenvalue weighted by Crippen LogP contribution is -2.53. The number of Topliss-reactive ketones (excluding diaryl/α,β-unsaturated/α-hetero) is 1. The molecule has 1 aliphatic rings. The van der Waals surface area contributed by atoms with Crippen LogP contribution in [0.15, 0.2) is 60.7 Å². The molecule has 3 amide bonds. The summed E-state index contributed by atoms with van der Waals surface area (Å²) in [6, 6.07) is 16.3. The van der Waals surface area contributed by atoms with E-state index in [0.29, 0.717) is 19.4 Å². The van der Waals surface area contributed by atoms with Crippen molar-refractivity contribution in [1.82, 2.24) is 16.0 Å². The van der Waals surface area contributed by atoms with Crippen molar-refractivity contribution < 1.29 is 33.8 Å². The molecule has 0 aromatic heterocycles. The number of carboxylic acid groups (broad SMARTS) is 1. The molecule has 4 atom stereocenters. The standard InChI is InChI=1S/C29H35N3O7/c1-18(2)15-23(27(35)31-22(25(33)28(36)37)17-21-13-14-30-26(21)34)32-29(38)39-24(20-11-7-4-8-12-20)16-19-9-5-3-6-10-19/h3-12,18,21-24H,13-17H2,1-2H3,(H,30,34)(H,31,35)(H,32,38)(H,36,37)/t21-,22-,23-,24?/m0/s1. The molecular weight excluding hydrogens is 502 g/mol. The number of carbonyl (C=O) groups is 5. The third-order valence-electron chi connectivity index (χ3n) is 6.53. The lowest BCUT2D eigenvalue weighted by molar-refractivity contribution is -0.151. The van der Waals surface area contributed by atoms with Crippen LogP contribution in [0.1, 0.15) is 50.3 Å². The summed E-state index contributed by atoms with van der Waals surface area (Å²) in [6.07, 6.45) is -0.531. The van der Waals surface area contributed by atoms with Gasteiger partial charge in [-0.05, 0) is 36.3 Å². The van der Waals surface area contributed by atoms with E-state index in [0.717, 1.165) is 11.1 Å². The molecule has 1 aliphatic heterocycles. The van der Waals surface area contributed by atoms with Gasteiger partial charge in [-0.15, -0.1) is 0 Å². The van der Waals surface area contributed by atoms with Crippen LogP contribution in [0, 0.1) is 11.8 Å². The molecule has 10 heteroatoms. The number of hydrogen-bond acceptors (Lipinski definition) is 6. The van der Waals surface area contributed by atoms with E-state index in [1.807, 2.05) is 74.5 Å². The third-order valence-corrected chi connectivity index (χ3v) is 6.53. The van der Waals surface area contributed by atoms with Crippen molar-refractivity contribution in [1.29, 1.82) is 0 Å². The van der Waals surface area contributed by atoms with Gasteiger partial charge in [-0.2, -0.15) is 0 Å². The number of amides is 3. The molecule has 1 heterocycles. The van der Waals surface area contributed by atoms with E-state index >= 15 is 0 Å². The smallest absolute Gasteiger partial charge is 0.408 e. The first kappa shape index (κ1) is 29.3. The Morgan fingerprint density at radius 1 is 0.974 bits per heavy atom. The van der Waals surface area contributed by atoms with Crippen molar-refractivity contribution in [3.8, 4) is 0 Å². The molecule has 0 saturated carbocycles. The third kappa shape index (κ3) is 8.94. The summed E-state index contributed by atoms with van der Waals surface area (Å²) in [5.74, 6) is -4.57. The average molecular weight is 538 g/mol. The van der Waals surface area contributed by atoms with Gasteiger partial charge >= 0.3 is 12.1 Å². The Labute approximate surface area is 227 Å². The number of nitrogens with one attached hydrogen (secondary N) is 3. The van der Waals surface area contributed by atoms with Gasteiger partial charge in [-0.3, -0.25) is 14.4 Å². The zero-order valence-electron chi connectivity index (χ0n) is 22.1. The summed E-state index contributed by atoms with van der Waals surface area (Å²) < 4.78 is 5.77. The van der Waals surface area contributed by atoms with Gasteiger partial charge in [0.15, 0.2) is 0 Å². The van der Waals surface area contributed by atoms with Gasteiger partial charge < -0.3 is 25.8 Å². The molecule has 39 heavy (non-hydrogen) atoms. The molecule has 2 aromatic rings. The van der Waals surface area contributed by atoms with Gasteiger partial charge in [0.25, 0.3) is 5.78 Å². The van der Waals surface area contributed by atoms with Crippen molar-refractivity contribution in [2.75, 3.05) is 6.54 Å². The van der Waals surface area contributed by atoms with Crippen LogP contribution in [-0.4, -0.2) is 53.4 Å². The predicted molar refractivity (Wildman–Crippen MR) is 142 cm³/mol. The number of carbonyl (C=O) groups excluding carboxylic acids is 4. The fourth-order valence-corrected chi connectivity index (χ4v) is 4.54. The maximum absolute atomic E-state index is 13.2. The van der Waals surface area contributed by atoms with Crippen molar-refractivity contribution in [3.05, 3.63) is 71.8 Å². The first-order chi connectivity index (χ1) is 18.6. The molecule has 4 N–H and O–H groups in total. The molecule has 0 aliphatic carbocycles. The van der Waals surface area contributed by atoms with Crippen molar-refractivity contribution in [3.63, 3.8) is 0 Å². The topological polar surface area (TPSA) is 151 Å². The zero-order valence-corrected chi connectivity index (χ0v) is 22.1. The van der Waals surface area contributed by atoms with Gasteiger partial charge in [0.1, 0.15) is 12.1 Å². The van der Waals surface area contributed by atoms with E-state index in [9.17, 15) is 29.1 Å². The first-order valence-electron chi connectivity index (χ1n) is 13.0. The van der Waals surface area contributed by atoms with Crippen LogP contribution in [0.3, 0.4) is 0 Å². The quantitative estimate of drug-likeness (QED) is 0.287. The summed E-state index contributed by atoms with van der Waals surface area (Å²) in [6.45, 7) is 4.14. The Bertz CT molecular complexity index is 1150. The second kappa shape index (κ2) is 14.1. The highest BCUT2D eigenvalue weighted by atomic mass is 16.6. The highest BCUT2D eigenvalue weighted by molar-refractivity contribution is 6.35. The first-order valence-corrected chi connectivity index (χ1v) is 13.0. The van der Waals surface area contributed by atoms with E-state index in [-0.39, 0.29) is 24.7 Å². The fraction of sp³-hybridized carbons (Fsp3) is 0.414. The molecule has 1 fully saturated rings. The Morgan fingerprint density at radius 3 is 2.18 bits per heavy atom. The van der Waals surface area contributed by atoms with E-state index in [1.54, 1.807) is 0 Å². The van der Waals surface area contributed by atoms with Crippen molar-refractivity contribution in [2.24, 2.45) is 11.8 Å². The van der Waals surface area contributed by atoms with Crippen LogP contribution >= 0.6 is 0 Å². The minimum atomic E-state index is -1.71. The Morgan fingerprint density at radius 2 is 1.62 bits per heavy atom. The minimum Gasteiger partial charge on any atom is -0.475 e. The fourth-order valence-electron chi connectivity index (χ4n) is 4.54. The molecule has 208 valence electrons. The number of alkyl carbamates (subject to hydrolysis) is 1. The second-order valence-corrected chi connectivity index (χ2v) is 10.1. The second-order valence-electron chi connectivity index (χ2n) is 10.1. The van der Waals surface area contributed by atoms with Gasteiger partial charge in [0, 0.05) is 18.9 Å². The number of benzene rings is 2. The Balaban J connectivity index is 1.73. The molecule has 0 radical (unpaired) electrons. The van der Waals surface area contributed by atoms with E-state index < -0.39 is 47.9 Å². The molecule has 3 rings (SSSR count). The van der Waals surface area contributed by atoms with Gasteiger partial charge in [-0.1, -0.05) is 74.5 Å².